The van der Waals surface area contributed by atoms with Crippen LogP contribution < -0.4 is 0 Å². The van der Waals surface area contributed by atoms with E-state index in [1.165, 1.54) is 6.07 Å². The smallest absolute Gasteiger partial charge is 0.126 e. The summed E-state index contributed by atoms with van der Waals surface area (Å²) in [6, 6.07) is 7.41. The molecule has 0 atom stereocenters. The van der Waals surface area contributed by atoms with E-state index < -0.39 is 0 Å². The van der Waals surface area contributed by atoms with Crippen molar-refractivity contribution >= 4 is 22.2 Å². The Morgan fingerprint density at radius 1 is 1.26 bits per heavy atom. The van der Waals surface area contributed by atoms with Gasteiger partial charge in [-0.15, -0.1) is 11.3 Å². The van der Waals surface area contributed by atoms with Crippen molar-refractivity contribution in [3.63, 3.8) is 0 Å². The highest BCUT2D eigenvalue weighted by Crippen LogP contribution is 2.30. The van der Waals surface area contributed by atoms with Gasteiger partial charge in [-0.05, 0) is 48.6 Å². The maximum Gasteiger partial charge on any atom is 0.126 e. The van der Waals surface area contributed by atoms with Gasteiger partial charge in [-0.25, -0.2) is 4.39 Å². The molecule has 0 saturated heterocycles. The van der Waals surface area contributed by atoms with Crippen molar-refractivity contribution in [3.05, 3.63) is 52.3 Å². The quantitative estimate of drug-likeness (QED) is 0.647. The molecule has 0 bridgehead atoms. The Morgan fingerprint density at radius 2 is 2.05 bits per heavy atom. The van der Waals surface area contributed by atoms with Crippen LogP contribution in [0.2, 0.25) is 0 Å². The highest BCUT2D eigenvalue weighted by molar-refractivity contribution is 7.12. The molecule has 2 nitrogen and oxygen atoms in total. The van der Waals surface area contributed by atoms with Crippen molar-refractivity contribution in [3.8, 4) is 11.1 Å². The fourth-order valence-corrected chi connectivity index (χ4v) is 3.14. The van der Waals surface area contributed by atoms with Gasteiger partial charge < -0.3 is 4.57 Å². The summed E-state index contributed by atoms with van der Waals surface area (Å²) in [4.78, 5) is 0. The summed E-state index contributed by atoms with van der Waals surface area (Å²) < 4.78 is 15.7. The molecule has 0 aliphatic rings. The first-order valence-electron chi connectivity index (χ1n) is 5.87. The second kappa shape index (κ2) is 4.22. The van der Waals surface area contributed by atoms with E-state index >= 15 is 0 Å². The number of fused-ring (bicyclic) bond motifs is 1. The normalized spacial score (nSPS) is 10.8. The van der Waals surface area contributed by atoms with E-state index in [0.29, 0.717) is 16.5 Å². The number of hydrogen-bond donors (Lipinski definition) is 0. The van der Waals surface area contributed by atoms with Crippen molar-refractivity contribution in [2.45, 2.75) is 13.8 Å². The molecule has 0 spiro atoms. The zero-order chi connectivity index (χ0) is 13.6. The fraction of sp³-hybridized carbons (Fsp3) is 0.133. The zero-order valence-corrected chi connectivity index (χ0v) is 11.4. The molecule has 1 aromatic carbocycles. The number of aryl methyl sites for hydroxylation is 2. The first-order chi connectivity index (χ1) is 9.11. The first-order valence-corrected chi connectivity index (χ1v) is 6.75. The Kier molecular flexibility index (Phi) is 2.65. The maximum absolute atomic E-state index is 13.7. The average Bonchev–Trinajstić information content (AvgIpc) is 2.94. The Labute approximate surface area is 114 Å². The Balaban J connectivity index is 2.41. The number of aromatic nitrogens is 1. The third-order valence-electron chi connectivity index (χ3n) is 3.26. The van der Waals surface area contributed by atoms with Crippen molar-refractivity contribution in [1.82, 2.24) is 4.57 Å². The van der Waals surface area contributed by atoms with E-state index in [-0.39, 0.29) is 5.82 Å². The van der Waals surface area contributed by atoms with Crippen LogP contribution in [0.5, 0.6) is 0 Å². The summed E-state index contributed by atoms with van der Waals surface area (Å²) in [6.07, 6.45) is 1.78. The van der Waals surface area contributed by atoms with Crippen molar-refractivity contribution in [1.29, 1.82) is 5.26 Å². The van der Waals surface area contributed by atoms with Gasteiger partial charge in [-0.1, -0.05) is 0 Å². The molecule has 19 heavy (non-hydrogen) atoms. The second-order valence-corrected chi connectivity index (χ2v) is 5.45. The van der Waals surface area contributed by atoms with E-state index in [1.807, 2.05) is 22.9 Å². The Morgan fingerprint density at radius 3 is 2.68 bits per heavy atom. The lowest BCUT2D eigenvalue weighted by Gasteiger charge is -2.05. The molecule has 3 rings (SSSR count). The van der Waals surface area contributed by atoms with Crippen molar-refractivity contribution in [2.75, 3.05) is 0 Å². The highest BCUT2D eigenvalue weighted by Gasteiger charge is 2.14. The van der Waals surface area contributed by atoms with Gasteiger partial charge >= 0.3 is 0 Å². The summed E-state index contributed by atoms with van der Waals surface area (Å²) in [7, 11) is 0. The number of nitriles is 1. The minimum Gasteiger partial charge on any atom is -0.306 e. The van der Waals surface area contributed by atoms with Crippen molar-refractivity contribution < 1.29 is 4.39 Å². The molecule has 0 aliphatic heterocycles. The predicted octanol–water partition coefficient (Wildman–Crippen LogP) is 4.32. The van der Waals surface area contributed by atoms with E-state index in [0.717, 1.165) is 16.1 Å². The molecule has 4 heteroatoms. The van der Waals surface area contributed by atoms with E-state index in [1.54, 1.807) is 30.5 Å². The summed E-state index contributed by atoms with van der Waals surface area (Å²) >= 11 is 1.61. The van der Waals surface area contributed by atoms with E-state index in [2.05, 4.69) is 6.07 Å². The number of nitrogens with zero attached hydrogens (tertiary/aromatic N) is 2. The van der Waals surface area contributed by atoms with Crippen LogP contribution in [0.3, 0.4) is 0 Å². The van der Waals surface area contributed by atoms with Crippen LogP contribution in [-0.4, -0.2) is 4.57 Å². The summed E-state index contributed by atoms with van der Waals surface area (Å²) in [5, 5.41) is 12.9. The molecule has 2 aromatic heterocycles. The fourth-order valence-electron chi connectivity index (χ4n) is 2.22. The number of hydrogen-bond acceptors (Lipinski definition) is 2. The predicted molar refractivity (Wildman–Crippen MR) is 75.3 cm³/mol. The third-order valence-corrected chi connectivity index (χ3v) is 4.27. The molecular formula is C15H11FN2S. The first kappa shape index (κ1) is 11.9. The number of rotatable bonds is 1. The molecule has 0 aliphatic carbocycles. The Hall–Kier alpha value is -2.12. The molecule has 0 radical (unpaired) electrons. The van der Waals surface area contributed by atoms with Crippen LogP contribution in [0.4, 0.5) is 4.39 Å². The number of benzene rings is 1. The molecule has 3 aromatic rings. The lowest BCUT2D eigenvalue weighted by Crippen LogP contribution is -1.91. The van der Waals surface area contributed by atoms with Gasteiger partial charge in [0.25, 0.3) is 0 Å². The zero-order valence-electron chi connectivity index (χ0n) is 10.6. The second-order valence-electron chi connectivity index (χ2n) is 4.55. The van der Waals surface area contributed by atoms with Crippen LogP contribution in [0, 0.1) is 31.0 Å². The topological polar surface area (TPSA) is 28.7 Å². The van der Waals surface area contributed by atoms with Crippen LogP contribution >= 0.6 is 11.3 Å². The molecule has 2 heterocycles. The van der Waals surface area contributed by atoms with Gasteiger partial charge in [0.2, 0.25) is 0 Å². The van der Waals surface area contributed by atoms with Crippen LogP contribution in [0.15, 0.2) is 29.8 Å². The van der Waals surface area contributed by atoms with Gasteiger partial charge in [-0.2, -0.15) is 5.26 Å². The van der Waals surface area contributed by atoms with E-state index in [9.17, 15) is 9.65 Å². The van der Waals surface area contributed by atoms with Crippen molar-refractivity contribution in [2.24, 2.45) is 0 Å². The summed E-state index contributed by atoms with van der Waals surface area (Å²) in [5.74, 6) is -0.273. The number of halogens is 1. The Bertz CT molecular complexity index is 821. The highest BCUT2D eigenvalue weighted by atomic mass is 32.1. The molecule has 0 unspecified atom stereocenters. The van der Waals surface area contributed by atoms with Crippen LogP contribution in [-0.2, 0) is 0 Å². The molecule has 94 valence electrons. The average molecular weight is 270 g/mol. The van der Waals surface area contributed by atoms with Gasteiger partial charge in [-0.3, -0.25) is 0 Å². The minimum atomic E-state index is -0.273. The minimum absolute atomic E-state index is 0.273. The van der Waals surface area contributed by atoms with Gasteiger partial charge in [0, 0.05) is 11.6 Å². The van der Waals surface area contributed by atoms with Crippen LogP contribution in [0.25, 0.3) is 15.9 Å². The number of thiophene rings is 1. The van der Waals surface area contributed by atoms with Gasteiger partial charge in [0.05, 0.1) is 11.1 Å². The monoisotopic (exact) mass is 270 g/mol. The largest absolute Gasteiger partial charge is 0.306 e. The SMILES string of the molecule is Cc1cc2c(cc1F)c(C#N)cn2-c1sccc1C. The maximum atomic E-state index is 13.7. The van der Waals surface area contributed by atoms with E-state index in [4.69, 9.17) is 0 Å². The van der Waals surface area contributed by atoms with Gasteiger partial charge in [0.1, 0.15) is 16.9 Å². The molecular weight excluding hydrogens is 259 g/mol. The third kappa shape index (κ3) is 1.74. The lowest BCUT2D eigenvalue weighted by molar-refractivity contribution is 0.620. The lowest BCUT2D eigenvalue weighted by atomic mass is 10.1. The molecule has 0 saturated carbocycles. The van der Waals surface area contributed by atoms with Crippen LogP contribution in [0.1, 0.15) is 16.7 Å². The molecule has 0 N–H and O–H groups in total. The van der Waals surface area contributed by atoms with Gasteiger partial charge in [0.15, 0.2) is 0 Å². The standard InChI is InChI=1S/C15H11FN2S/c1-9-3-4-19-15(9)18-8-11(7-17)12-6-13(16)10(2)5-14(12)18/h3-6,8H,1-2H3. The summed E-state index contributed by atoms with van der Waals surface area (Å²) in [6.45, 7) is 3.76. The molecule has 0 amide bonds. The molecule has 0 fully saturated rings. The summed E-state index contributed by atoms with van der Waals surface area (Å²) in [5.41, 5.74) is 3.11.